The molecule has 0 amide bonds. The summed E-state index contributed by atoms with van der Waals surface area (Å²) >= 11 is 0. The number of aromatic nitrogens is 1. The van der Waals surface area contributed by atoms with E-state index in [0.29, 0.717) is 6.42 Å². The van der Waals surface area contributed by atoms with Crippen LogP contribution in [0.15, 0.2) is 30.5 Å². The number of hydrogen-bond acceptors (Lipinski definition) is 2. The molecule has 8 N–H and O–H groups in total. The molecular weight excluding hydrogens is 295 g/mol. The van der Waals surface area contributed by atoms with Crippen LogP contribution in [0.1, 0.15) is 5.56 Å². The van der Waals surface area contributed by atoms with Gasteiger partial charge in [-0.2, -0.15) is 0 Å². The van der Waals surface area contributed by atoms with Crippen LogP contribution in [0.5, 0.6) is 0 Å². The maximum Gasteiger partial charge on any atom is 0.320 e. The smallest absolute Gasteiger partial charge is 0.320 e. The van der Waals surface area contributed by atoms with E-state index < -0.39 is 12.0 Å². The van der Waals surface area contributed by atoms with E-state index in [-0.39, 0.29) is 35.8 Å². The molecule has 1 unspecified atom stereocenters. The van der Waals surface area contributed by atoms with Crippen molar-refractivity contribution in [1.82, 2.24) is 4.98 Å². The van der Waals surface area contributed by atoms with Gasteiger partial charge in [-0.15, -0.1) is 24.8 Å². The average molecular weight is 313 g/mol. The summed E-state index contributed by atoms with van der Waals surface area (Å²) in [4.78, 5) is 13.7. The number of H-pyrrole nitrogens is 1. The van der Waals surface area contributed by atoms with Crippen molar-refractivity contribution < 1.29 is 20.9 Å². The van der Waals surface area contributed by atoms with Gasteiger partial charge in [0, 0.05) is 23.5 Å². The minimum atomic E-state index is -0.972. The Kier molecular flexibility index (Phi) is 11.5. The summed E-state index contributed by atoms with van der Waals surface area (Å²) in [7, 11) is 0. The van der Waals surface area contributed by atoms with E-state index in [1.165, 1.54) is 0 Å². The number of para-hydroxylation sites is 1. The number of nitrogens with one attached hydrogen (secondary N) is 1. The quantitative estimate of drug-likeness (QED) is 0.750. The summed E-state index contributed by atoms with van der Waals surface area (Å²) in [6.07, 6.45) is 2.16. The second-order valence-electron chi connectivity index (χ2n) is 3.51. The third-order valence-electron chi connectivity index (χ3n) is 2.43. The lowest BCUT2D eigenvalue weighted by Gasteiger charge is -2.04. The van der Waals surface area contributed by atoms with E-state index in [1.54, 1.807) is 0 Å². The molecule has 1 atom stereocenters. The molecule has 19 heavy (non-hydrogen) atoms. The van der Waals surface area contributed by atoms with Gasteiger partial charge in [0.15, 0.2) is 0 Å². The molecule has 1 aromatic carbocycles. The number of benzene rings is 1. The lowest BCUT2D eigenvalue weighted by molar-refractivity contribution is -0.138. The summed E-state index contributed by atoms with van der Waals surface area (Å²) in [6.45, 7) is 0. The molecule has 0 saturated carbocycles. The number of nitrogens with two attached hydrogens (primary N) is 1. The maximum atomic E-state index is 10.6. The Morgan fingerprint density at radius 1 is 1.26 bits per heavy atom. The van der Waals surface area contributed by atoms with E-state index >= 15 is 0 Å². The topological polar surface area (TPSA) is 142 Å². The van der Waals surface area contributed by atoms with Crippen LogP contribution in [-0.4, -0.2) is 33.1 Å². The molecule has 0 radical (unpaired) electrons. The Labute approximate surface area is 122 Å². The highest BCUT2D eigenvalue weighted by Crippen LogP contribution is 2.18. The van der Waals surface area contributed by atoms with Gasteiger partial charge in [-0.25, -0.2) is 0 Å². The van der Waals surface area contributed by atoms with E-state index in [4.69, 9.17) is 10.8 Å². The van der Waals surface area contributed by atoms with Crippen molar-refractivity contribution in [2.24, 2.45) is 5.73 Å². The Balaban J connectivity index is -0.000000640. The van der Waals surface area contributed by atoms with Crippen LogP contribution in [0.25, 0.3) is 10.9 Å². The predicted octanol–water partition coefficient (Wildman–Crippen LogP) is 0.316. The molecule has 0 fully saturated rings. The summed E-state index contributed by atoms with van der Waals surface area (Å²) in [5, 5.41) is 9.75. The first-order valence-electron chi connectivity index (χ1n) is 4.72. The number of rotatable bonds is 3. The first-order chi connectivity index (χ1) is 7.18. The van der Waals surface area contributed by atoms with Gasteiger partial charge in [0.1, 0.15) is 6.04 Å². The number of aromatic amines is 1. The molecule has 8 heteroatoms. The van der Waals surface area contributed by atoms with Gasteiger partial charge < -0.3 is 26.8 Å². The van der Waals surface area contributed by atoms with Gasteiger partial charge >= 0.3 is 5.97 Å². The van der Waals surface area contributed by atoms with Gasteiger partial charge in [-0.05, 0) is 11.6 Å². The standard InChI is InChI=1S/C11H12N2O2.2ClH.2H2O/c12-9(11(14)15)5-7-6-13-10-4-2-1-3-8(7)10;;;;/h1-4,6,9,13H,5,12H2,(H,14,15);2*1H;2*1H2. The van der Waals surface area contributed by atoms with E-state index in [1.807, 2.05) is 30.5 Å². The third-order valence-corrected chi connectivity index (χ3v) is 2.43. The van der Waals surface area contributed by atoms with Crippen molar-refractivity contribution in [3.05, 3.63) is 36.0 Å². The molecule has 0 bridgehead atoms. The third kappa shape index (κ3) is 5.06. The van der Waals surface area contributed by atoms with Crippen molar-refractivity contribution in [3.8, 4) is 0 Å². The van der Waals surface area contributed by atoms with E-state index in [0.717, 1.165) is 16.5 Å². The van der Waals surface area contributed by atoms with Crippen LogP contribution in [0, 0.1) is 0 Å². The van der Waals surface area contributed by atoms with Gasteiger partial charge in [0.05, 0.1) is 0 Å². The minimum Gasteiger partial charge on any atom is -0.480 e. The molecule has 0 aliphatic heterocycles. The number of fused-ring (bicyclic) bond motifs is 1. The van der Waals surface area contributed by atoms with Crippen LogP contribution in [0.4, 0.5) is 0 Å². The molecule has 0 saturated heterocycles. The molecule has 110 valence electrons. The number of hydrogen-bond donors (Lipinski definition) is 3. The fourth-order valence-electron chi connectivity index (χ4n) is 1.62. The zero-order valence-electron chi connectivity index (χ0n) is 9.92. The number of carboxylic acid groups (broad SMARTS) is 1. The molecule has 0 spiro atoms. The highest BCUT2D eigenvalue weighted by Gasteiger charge is 2.14. The lowest BCUT2D eigenvalue weighted by Crippen LogP contribution is -2.32. The summed E-state index contributed by atoms with van der Waals surface area (Å²) in [5.74, 6) is -0.972. The van der Waals surface area contributed by atoms with Crippen LogP contribution < -0.4 is 5.73 Å². The highest BCUT2D eigenvalue weighted by atomic mass is 35.5. The Morgan fingerprint density at radius 3 is 2.42 bits per heavy atom. The lowest BCUT2D eigenvalue weighted by atomic mass is 10.1. The monoisotopic (exact) mass is 312 g/mol. The van der Waals surface area contributed by atoms with Crippen LogP contribution in [0.3, 0.4) is 0 Å². The SMILES string of the molecule is Cl.Cl.NC(Cc1c[nH]c2ccccc12)C(=O)O.O.O. The van der Waals surface area contributed by atoms with Crippen molar-refractivity contribution in [3.63, 3.8) is 0 Å². The van der Waals surface area contributed by atoms with Gasteiger partial charge in [-0.3, -0.25) is 4.79 Å². The Hall–Kier alpha value is -1.31. The predicted molar refractivity (Wildman–Crippen MR) is 79.3 cm³/mol. The average Bonchev–Trinajstić information content (AvgIpc) is 2.62. The first-order valence-corrected chi connectivity index (χ1v) is 4.72. The maximum absolute atomic E-state index is 10.6. The molecule has 1 aromatic heterocycles. The minimum absolute atomic E-state index is 0. The summed E-state index contributed by atoms with van der Waals surface area (Å²) in [6, 6.07) is 6.91. The van der Waals surface area contributed by atoms with Crippen molar-refractivity contribution in [1.29, 1.82) is 0 Å². The first kappa shape index (κ1) is 22.8. The highest BCUT2D eigenvalue weighted by molar-refractivity contribution is 5.86. The number of aliphatic carboxylic acids is 1. The molecule has 0 aliphatic rings. The molecule has 2 aromatic rings. The Morgan fingerprint density at radius 2 is 1.84 bits per heavy atom. The van der Waals surface area contributed by atoms with Crippen LogP contribution in [-0.2, 0) is 11.2 Å². The summed E-state index contributed by atoms with van der Waals surface area (Å²) in [5.41, 5.74) is 7.43. The van der Waals surface area contributed by atoms with Gasteiger partial charge in [-0.1, -0.05) is 18.2 Å². The Bertz CT molecular complexity index is 504. The molecule has 6 nitrogen and oxygen atoms in total. The van der Waals surface area contributed by atoms with Gasteiger partial charge in [0.2, 0.25) is 0 Å². The van der Waals surface area contributed by atoms with Gasteiger partial charge in [0.25, 0.3) is 0 Å². The largest absolute Gasteiger partial charge is 0.480 e. The fraction of sp³-hybridized carbons (Fsp3) is 0.182. The summed E-state index contributed by atoms with van der Waals surface area (Å²) < 4.78 is 0. The molecule has 2 rings (SSSR count). The fourth-order valence-corrected chi connectivity index (χ4v) is 1.62. The van der Waals surface area contributed by atoms with Crippen LogP contribution >= 0.6 is 24.8 Å². The molecular formula is C11H18Cl2N2O4. The van der Waals surface area contributed by atoms with Crippen LogP contribution in [0.2, 0.25) is 0 Å². The molecule has 0 aliphatic carbocycles. The second-order valence-corrected chi connectivity index (χ2v) is 3.51. The normalized spacial score (nSPS) is 10.2. The van der Waals surface area contributed by atoms with E-state index in [9.17, 15) is 4.79 Å². The number of carboxylic acids is 1. The van der Waals surface area contributed by atoms with Crippen molar-refractivity contribution >= 4 is 41.7 Å². The molecule has 1 heterocycles. The zero-order chi connectivity index (χ0) is 10.8. The van der Waals surface area contributed by atoms with E-state index in [2.05, 4.69) is 4.98 Å². The number of carbonyl (C=O) groups is 1. The zero-order valence-corrected chi connectivity index (χ0v) is 11.6. The second kappa shape index (κ2) is 9.60. The van der Waals surface area contributed by atoms with Crippen molar-refractivity contribution in [2.45, 2.75) is 12.5 Å². The van der Waals surface area contributed by atoms with Crippen molar-refractivity contribution in [2.75, 3.05) is 0 Å². The number of halogens is 2.